The van der Waals surface area contributed by atoms with Crippen LogP contribution in [-0.2, 0) is 20.9 Å². The maximum Gasteiger partial charge on any atom is 0.326 e. The zero-order valence-corrected chi connectivity index (χ0v) is 17.0. The second-order valence-electron chi connectivity index (χ2n) is 5.50. The third-order valence-corrected chi connectivity index (χ3v) is 5.10. The maximum absolute atomic E-state index is 12.3. The molecule has 0 aliphatic rings. The quantitative estimate of drug-likeness (QED) is 0.540. The molecule has 140 valence electrons. The van der Waals surface area contributed by atoms with E-state index in [9.17, 15) is 9.59 Å². The number of fused-ring (bicyclic) bond motifs is 1. The lowest BCUT2D eigenvalue weighted by Gasteiger charge is -2.05. The molecule has 0 radical (unpaired) electrons. The molecule has 0 saturated heterocycles. The highest BCUT2D eigenvalue weighted by molar-refractivity contribution is 9.10. The lowest BCUT2D eigenvalue weighted by molar-refractivity contribution is -0.143. The van der Waals surface area contributed by atoms with E-state index in [2.05, 4.69) is 20.9 Å². The van der Waals surface area contributed by atoms with Gasteiger partial charge in [-0.25, -0.2) is 0 Å². The zero-order valence-electron chi connectivity index (χ0n) is 14.6. The van der Waals surface area contributed by atoms with Gasteiger partial charge in [0.2, 0.25) is 0 Å². The highest BCUT2D eigenvalue weighted by Crippen LogP contribution is 2.22. The van der Waals surface area contributed by atoms with Crippen molar-refractivity contribution >= 4 is 49.4 Å². The van der Waals surface area contributed by atoms with Gasteiger partial charge in [-0.3, -0.25) is 9.59 Å². The number of nitrogens with zero attached hydrogens (tertiary/aromatic N) is 2. The molecule has 0 spiro atoms. The number of halogens is 1. The highest BCUT2D eigenvalue weighted by Gasteiger charge is 2.12. The monoisotopic (exact) mass is 448 g/mol. The molecule has 3 aromatic rings. The van der Waals surface area contributed by atoms with Crippen LogP contribution in [0.25, 0.3) is 10.2 Å². The van der Waals surface area contributed by atoms with Gasteiger partial charge in [0.25, 0.3) is 5.91 Å². The third kappa shape index (κ3) is 5.05. The molecule has 1 amide bonds. The summed E-state index contributed by atoms with van der Waals surface area (Å²) in [5.41, 5.74) is 0.812. The van der Waals surface area contributed by atoms with Crippen LogP contribution >= 0.6 is 27.3 Å². The molecule has 0 unspecified atom stereocenters. The van der Waals surface area contributed by atoms with Gasteiger partial charge in [-0.2, -0.15) is 4.99 Å². The zero-order chi connectivity index (χ0) is 19.2. The SMILES string of the molecule is CCOC(=O)Cn1c(=NC(=O)COc2ccccc2)sc2cc(Br)ccc21. The van der Waals surface area contributed by atoms with Crippen LogP contribution in [0.1, 0.15) is 6.92 Å². The summed E-state index contributed by atoms with van der Waals surface area (Å²) in [6, 6.07) is 14.7. The van der Waals surface area contributed by atoms with Crippen LogP contribution in [-0.4, -0.2) is 29.7 Å². The molecule has 0 aliphatic heterocycles. The molecule has 0 N–H and O–H groups in total. The number of benzene rings is 2. The minimum atomic E-state index is -0.429. The normalized spacial score (nSPS) is 11.6. The van der Waals surface area contributed by atoms with Gasteiger partial charge >= 0.3 is 5.97 Å². The van der Waals surface area contributed by atoms with Crippen LogP contribution in [0.2, 0.25) is 0 Å². The predicted molar refractivity (Wildman–Crippen MR) is 107 cm³/mol. The average molecular weight is 449 g/mol. The fraction of sp³-hybridized carbons (Fsp3) is 0.211. The van der Waals surface area contributed by atoms with Crippen molar-refractivity contribution in [1.29, 1.82) is 0 Å². The average Bonchev–Trinajstić information content (AvgIpc) is 2.97. The second kappa shape index (κ2) is 8.96. The number of carbonyl (C=O) groups is 2. The number of esters is 1. The van der Waals surface area contributed by atoms with E-state index < -0.39 is 5.91 Å². The molecule has 0 atom stereocenters. The topological polar surface area (TPSA) is 69.9 Å². The summed E-state index contributed by atoms with van der Waals surface area (Å²) in [6.45, 7) is 1.85. The largest absolute Gasteiger partial charge is 0.484 e. The first-order chi connectivity index (χ1) is 13.1. The number of ether oxygens (including phenoxy) is 2. The lowest BCUT2D eigenvalue weighted by atomic mass is 10.3. The molecule has 6 nitrogen and oxygen atoms in total. The van der Waals surface area contributed by atoms with Gasteiger partial charge in [0.1, 0.15) is 12.3 Å². The van der Waals surface area contributed by atoms with E-state index in [0.717, 1.165) is 14.7 Å². The number of amides is 1. The van der Waals surface area contributed by atoms with E-state index in [0.29, 0.717) is 17.2 Å². The lowest BCUT2D eigenvalue weighted by Crippen LogP contribution is -2.24. The first-order valence-corrected chi connectivity index (χ1v) is 9.87. The van der Waals surface area contributed by atoms with Gasteiger partial charge in [-0.15, -0.1) is 0 Å². The van der Waals surface area contributed by atoms with Crippen molar-refractivity contribution in [3.8, 4) is 5.75 Å². The van der Waals surface area contributed by atoms with Crippen LogP contribution in [0, 0.1) is 0 Å². The van der Waals surface area contributed by atoms with E-state index in [-0.39, 0.29) is 19.1 Å². The Hall–Kier alpha value is -2.45. The number of para-hydroxylation sites is 1. The van der Waals surface area contributed by atoms with Crippen molar-refractivity contribution in [3.63, 3.8) is 0 Å². The number of carbonyl (C=O) groups excluding carboxylic acids is 2. The highest BCUT2D eigenvalue weighted by atomic mass is 79.9. The Balaban J connectivity index is 1.90. The fourth-order valence-electron chi connectivity index (χ4n) is 2.42. The van der Waals surface area contributed by atoms with Crippen molar-refractivity contribution in [2.45, 2.75) is 13.5 Å². The number of hydrogen-bond acceptors (Lipinski definition) is 5. The standard InChI is InChI=1S/C19H17BrN2O4S/c1-2-25-18(24)11-22-15-9-8-13(20)10-16(15)27-19(22)21-17(23)12-26-14-6-4-3-5-7-14/h3-10H,2,11-12H2,1H3. The Morgan fingerprint density at radius 2 is 1.96 bits per heavy atom. The maximum atomic E-state index is 12.3. The molecule has 0 saturated carbocycles. The van der Waals surface area contributed by atoms with Gasteiger partial charge in [0.05, 0.1) is 16.8 Å². The Labute approximate surface area is 168 Å². The summed E-state index contributed by atoms with van der Waals surface area (Å²) in [7, 11) is 0. The van der Waals surface area contributed by atoms with Crippen LogP contribution in [0.4, 0.5) is 0 Å². The first kappa shape index (κ1) is 19.3. The molecule has 0 fully saturated rings. The minimum absolute atomic E-state index is 0.0128. The van der Waals surface area contributed by atoms with Crippen molar-refractivity contribution in [2.24, 2.45) is 4.99 Å². The summed E-state index contributed by atoms with van der Waals surface area (Å²) >= 11 is 4.76. The van der Waals surface area contributed by atoms with Crippen LogP contribution in [0.5, 0.6) is 5.75 Å². The summed E-state index contributed by atoms with van der Waals surface area (Å²) < 4.78 is 14.0. The fourth-order valence-corrected chi connectivity index (χ4v) is 4.02. The summed E-state index contributed by atoms with van der Waals surface area (Å²) in [5.74, 6) is -0.211. The van der Waals surface area contributed by atoms with Crippen LogP contribution < -0.4 is 9.54 Å². The van der Waals surface area contributed by atoms with Crippen LogP contribution in [0.3, 0.4) is 0 Å². The molecule has 3 rings (SSSR count). The summed E-state index contributed by atoms with van der Waals surface area (Å²) in [4.78, 5) is 28.8. The number of aromatic nitrogens is 1. The van der Waals surface area contributed by atoms with Gasteiger partial charge in [-0.1, -0.05) is 45.5 Å². The molecule has 2 aromatic carbocycles. The van der Waals surface area contributed by atoms with Crippen molar-refractivity contribution in [3.05, 3.63) is 57.8 Å². The molecule has 27 heavy (non-hydrogen) atoms. The second-order valence-corrected chi connectivity index (χ2v) is 7.42. The number of rotatable bonds is 6. The van der Waals surface area contributed by atoms with Crippen molar-refractivity contribution in [2.75, 3.05) is 13.2 Å². The van der Waals surface area contributed by atoms with Crippen molar-refractivity contribution < 1.29 is 19.1 Å². The van der Waals surface area contributed by atoms with Gasteiger partial charge in [-0.05, 0) is 37.3 Å². The molecule has 0 bridgehead atoms. The van der Waals surface area contributed by atoms with E-state index in [4.69, 9.17) is 9.47 Å². The molecular weight excluding hydrogens is 432 g/mol. The Kier molecular flexibility index (Phi) is 6.41. The molecule has 8 heteroatoms. The van der Waals surface area contributed by atoms with E-state index in [1.807, 2.05) is 36.4 Å². The minimum Gasteiger partial charge on any atom is -0.484 e. The Morgan fingerprint density at radius 3 is 2.70 bits per heavy atom. The first-order valence-electron chi connectivity index (χ1n) is 8.26. The summed E-state index contributed by atoms with van der Waals surface area (Å²) in [5, 5.41) is 0. The smallest absolute Gasteiger partial charge is 0.326 e. The molecule has 1 aromatic heterocycles. The summed E-state index contributed by atoms with van der Waals surface area (Å²) in [6.07, 6.45) is 0. The van der Waals surface area contributed by atoms with Gasteiger partial charge < -0.3 is 14.0 Å². The van der Waals surface area contributed by atoms with E-state index in [1.165, 1.54) is 11.3 Å². The van der Waals surface area contributed by atoms with Gasteiger partial charge in [0.15, 0.2) is 11.4 Å². The van der Waals surface area contributed by atoms with Gasteiger partial charge in [0, 0.05) is 4.47 Å². The predicted octanol–water partition coefficient (Wildman–Crippen LogP) is 3.53. The van der Waals surface area contributed by atoms with E-state index >= 15 is 0 Å². The Bertz CT molecular complexity index is 1030. The third-order valence-electron chi connectivity index (χ3n) is 3.56. The van der Waals surface area contributed by atoms with Crippen molar-refractivity contribution in [1.82, 2.24) is 4.57 Å². The number of thiazole rings is 1. The Morgan fingerprint density at radius 1 is 1.19 bits per heavy atom. The van der Waals surface area contributed by atoms with E-state index in [1.54, 1.807) is 23.6 Å². The molecule has 1 heterocycles. The molecule has 0 aliphatic carbocycles. The number of hydrogen-bond donors (Lipinski definition) is 0. The van der Waals surface area contributed by atoms with Crippen LogP contribution in [0.15, 0.2) is 58.0 Å². The molecular formula is C19H17BrN2O4S.